The third-order valence-corrected chi connectivity index (χ3v) is 6.11. The van der Waals surface area contributed by atoms with E-state index in [0.29, 0.717) is 50.2 Å². The number of carbonyl (C=O) groups is 2. The van der Waals surface area contributed by atoms with Gasteiger partial charge in [0.25, 0.3) is 5.91 Å². The molecule has 0 bridgehead atoms. The molecule has 0 saturated heterocycles. The average molecular weight is 505 g/mol. The number of hydrogen-bond donors (Lipinski definition) is 2. The van der Waals surface area contributed by atoms with Crippen molar-refractivity contribution in [2.75, 3.05) is 55.0 Å². The molecule has 0 spiro atoms. The number of benzene rings is 2. The van der Waals surface area contributed by atoms with E-state index in [0.717, 1.165) is 16.8 Å². The fourth-order valence-corrected chi connectivity index (χ4v) is 4.19. The topological polar surface area (TPSA) is 123 Å². The van der Waals surface area contributed by atoms with Gasteiger partial charge in [0.2, 0.25) is 5.95 Å². The number of nitrogens with zero attached hydrogens (tertiary/aromatic N) is 4. The van der Waals surface area contributed by atoms with Gasteiger partial charge in [-0.05, 0) is 30.2 Å². The third kappa shape index (κ3) is 6.53. The highest BCUT2D eigenvalue weighted by atomic mass is 16.5. The van der Waals surface area contributed by atoms with Gasteiger partial charge in [0.05, 0.1) is 13.2 Å². The molecule has 2 aromatic carbocycles. The second kappa shape index (κ2) is 12.2. The summed E-state index contributed by atoms with van der Waals surface area (Å²) in [5.41, 5.74) is 8.31. The summed E-state index contributed by atoms with van der Waals surface area (Å²) in [5, 5.41) is 3.10. The smallest absolute Gasteiger partial charge is 0.404 e. The first-order chi connectivity index (χ1) is 18.0. The SMILES string of the molecule is CCNc1ncc2c(n1)N(C)CCN(c1cccc(COCC(COC(N)=O)c3ccccc3)c1)C2=O. The molecule has 4 rings (SSSR count). The number of likely N-dealkylation sites (N-methyl/N-ethyl adjacent to an activating group) is 1. The van der Waals surface area contributed by atoms with Gasteiger partial charge in [-0.25, -0.2) is 9.78 Å². The van der Waals surface area contributed by atoms with Gasteiger partial charge in [-0.3, -0.25) is 4.79 Å². The molecule has 0 aliphatic carbocycles. The Hall–Kier alpha value is -4.18. The molecule has 194 valence electrons. The first-order valence-corrected chi connectivity index (χ1v) is 12.2. The number of nitrogens with two attached hydrogens (primary N) is 1. The van der Waals surface area contributed by atoms with Gasteiger partial charge in [0, 0.05) is 44.5 Å². The number of aromatic nitrogens is 2. The van der Waals surface area contributed by atoms with Crippen LogP contribution in [-0.4, -0.2) is 61.9 Å². The highest BCUT2D eigenvalue weighted by Crippen LogP contribution is 2.27. The Morgan fingerprint density at radius 1 is 1.14 bits per heavy atom. The number of anilines is 3. The number of carbonyl (C=O) groups excluding carboxylic acids is 2. The summed E-state index contributed by atoms with van der Waals surface area (Å²) < 4.78 is 11.0. The van der Waals surface area contributed by atoms with Crippen molar-refractivity contribution in [1.29, 1.82) is 0 Å². The van der Waals surface area contributed by atoms with Crippen LogP contribution in [0.5, 0.6) is 0 Å². The lowest BCUT2D eigenvalue weighted by molar-refractivity contribution is 0.0794. The zero-order valence-corrected chi connectivity index (χ0v) is 21.1. The summed E-state index contributed by atoms with van der Waals surface area (Å²) in [4.78, 5) is 37.2. The van der Waals surface area contributed by atoms with Gasteiger partial charge >= 0.3 is 6.09 Å². The maximum atomic E-state index is 13.5. The lowest BCUT2D eigenvalue weighted by atomic mass is 10.0. The number of amides is 2. The quantitative estimate of drug-likeness (QED) is 0.431. The van der Waals surface area contributed by atoms with Crippen LogP contribution in [0.1, 0.15) is 34.3 Å². The van der Waals surface area contributed by atoms with Crippen molar-refractivity contribution in [2.45, 2.75) is 19.4 Å². The Kier molecular flexibility index (Phi) is 8.52. The Balaban J connectivity index is 1.46. The minimum Gasteiger partial charge on any atom is -0.449 e. The fourth-order valence-electron chi connectivity index (χ4n) is 4.19. The third-order valence-electron chi connectivity index (χ3n) is 6.11. The van der Waals surface area contributed by atoms with E-state index in [4.69, 9.17) is 15.2 Å². The predicted molar refractivity (Wildman–Crippen MR) is 142 cm³/mol. The van der Waals surface area contributed by atoms with Crippen molar-refractivity contribution < 1.29 is 19.1 Å². The summed E-state index contributed by atoms with van der Waals surface area (Å²) in [6.07, 6.45) is 0.772. The maximum absolute atomic E-state index is 13.5. The molecular weight excluding hydrogens is 472 g/mol. The second-order valence-corrected chi connectivity index (χ2v) is 8.76. The van der Waals surface area contributed by atoms with E-state index in [2.05, 4.69) is 15.3 Å². The zero-order chi connectivity index (χ0) is 26.2. The summed E-state index contributed by atoms with van der Waals surface area (Å²) in [5.74, 6) is 0.822. The van der Waals surface area contributed by atoms with Gasteiger partial charge in [0.1, 0.15) is 18.0 Å². The monoisotopic (exact) mass is 504 g/mol. The Labute approximate surface area is 216 Å². The van der Waals surface area contributed by atoms with E-state index < -0.39 is 6.09 Å². The van der Waals surface area contributed by atoms with Crippen LogP contribution in [0.25, 0.3) is 0 Å². The molecule has 1 atom stereocenters. The Morgan fingerprint density at radius 3 is 2.70 bits per heavy atom. The van der Waals surface area contributed by atoms with E-state index in [1.807, 2.05) is 73.5 Å². The lowest BCUT2D eigenvalue weighted by Gasteiger charge is -2.22. The Bertz CT molecular complexity index is 1220. The first-order valence-electron chi connectivity index (χ1n) is 12.2. The molecule has 2 heterocycles. The number of fused-ring (bicyclic) bond motifs is 1. The highest BCUT2D eigenvalue weighted by molar-refractivity contribution is 6.09. The molecule has 3 N–H and O–H groups in total. The molecule has 0 saturated carbocycles. The predicted octanol–water partition coefficient (Wildman–Crippen LogP) is 3.40. The molecule has 1 unspecified atom stereocenters. The van der Waals surface area contributed by atoms with Crippen LogP contribution in [0.3, 0.4) is 0 Å². The number of rotatable bonds is 10. The van der Waals surface area contributed by atoms with Crippen LogP contribution in [-0.2, 0) is 16.1 Å². The van der Waals surface area contributed by atoms with Crippen LogP contribution in [0.15, 0.2) is 60.8 Å². The normalized spacial score (nSPS) is 14.1. The van der Waals surface area contributed by atoms with Crippen LogP contribution < -0.4 is 20.9 Å². The maximum Gasteiger partial charge on any atom is 0.404 e. The molecule has 10 nitrogen and oxygen atoms in total. The number of hydrogen-bond acceptors (Lipinski definition) is 8. The van der Waals surface area contributed by atoms with Crippen LogP contribution in [0.4, 0.5) is 22.2 Å². The van der Waals surface area contributed by atoms with Crippen molar-refractivity contribution in [3.63, 3.8) is 0 Å². The number of primary amides is 1. The largest absolute Gasteiger partial charge is 0.449 e. The van der Waals surface area contributed by atoms with Crippen molar-refractivity contribution in [3.8, 4) is 0 Å². The van der Waals surface area contributed by atoms with Crippen molar-refractivity contribution in [2.24, 2.45) is 5.73 Å². The standard InChI is InChI=1S/C27H32N6O4/c1-3-29-27-30-15-23-24(31-27)32(2)12-13-33(25(23)34)22-11-7-8-19(14-22)16-36-17-21(18-37-26(28)35)20-9-5-4-6-10-20/h4-11,14-15,21H,3,12-13,16-18H2,1-2H3,(H2,28,35)(H,29,30,31). The van der Waals surface area contributed by atoms with E-state index >= 15 is 0 Å². The fraction of sp³-hybridized carbons (Fsp3) is 0.333. The molecule has 3 aromatic rings. The summed E-state index contributed by atoms with van der Waals surface area (Å²) in [7, 11) is 1.92. The van der Waals surface area contributed by atoms with Gasteiger partial charge < -0.3 is 30.3 Å². The first kappa shape index (κ1) is 25.9. The molecular formula is C27H32N6O4. The highest BCUT2D eigenvalue weighted by Gasteiger charge is 2.28. The van der Waals surface area contributed by atoms with Crippen molar-refractivity contribution in [3.05, 3.63) is 77.5 Å². The zero-order valence-electron chi connectivity index (χ0n) is 21.1. The van der Waals surface area contributed by atoms with E-state index in [9.17, 15) is 9.59 Å². The van der Waals surface area contributed by atoms with Gasteiger partial charge in [-0.2, -0.15) is 4.98 Å². The molecule has 10 heteroatoms. The molecule has 2 amide bonds. The minimum atomic E-state index is -0.814. The lowest BCUT2D eigenvalue weighted by Crippen LogP contribution is -2.33. The van der Waals surface area contributed by atoms with Gasteiger partial charge in [-0.1, -0.05) is 42.5 Å². The second-order valence-electron chi connectivity index (χ2n) is 8.76. The Morgan fingerprint density at radius 2 is 1.95 bits per heavy atom. The van der Waals surface area contributed by atoms with Crippen molar-refractivity contribution in [1.82, 2.24) is 9.97 Å². The summed E-state index contributed by atoms with van der Waals surface area (Å²) in [6, 6.07) is 17.4. The molecule has 0 radical (unpaired) electrons. The number of ether oxygens (including phenoxy) is 2. The van der Waals surface area contributed by atoms with E-state index in [1.165, 1.54) is 0 Å². The van der Waals surface area contributed by atoms with Crippen LogP contribution >= 0.6 is 0 Å². The van der Waals surface area contributed by atoms with Crippen LogP contribution in [0.2, 0.25) is 0 Å². The molecule has 1 aromatic heterocycles. The number of nitrogens with one attached hydrogen (secondary N) is 1. The average Bonchev–Trinajstić information content (AvgIpc) is 3.03. The minimum absolute atomic E-state index is 0.131. The molecule has 1 aliphatic rings. The molecule has 1 aliphatic heterocycles. The van der Waals surface area contributed by atoms with Gasteiger partial charge in [-0.15, -0.1) is 0 Å². The van der Waals surface area contributed by atoms with Crippen molar-refractivity contribution >= 4 is 29.5 Å². The van der Waals surface area contributed by atoms with Crippen LogP contribution in [0, 0.1) is 0 Å². The van der Waals surface area contributed by atoms with E-state index in [-0.39, 0.29) is 18.4 Å². The molecule has 37 heavy (non-hydrogen) atoms. The van der Waals surface area contributed by atoms with E-state index in [1.54, 1.807) is 11.1 Å². The summed E-state index contributed by atoms with van der Waals surface area (Å²) >= 11 is 0. The molecule has 0 fully saturated rings. The summed E-state index contributed by atoms with van der Waals surface area (Å²) in [6.45, 7) is 4.61. The van der Waals surface area contributed by atoms with Gasteiger partial charge in [0.15, 0.2) is 0 Å².